The second-order valence-electron chi connectivity index (χ2n) is 34.4. The van der Waals surface area contributed by atoms with Gasteiger partial charge in [0.1, 0.15) is 47.3 Å². The first-order chi connectivity index (χ1) is 66.7. The van der Waals surface area contributed by atoms with Gasteiger partial charge in [-0.1, -0.05) is 82.3 Å². The van der Waals surface area contributed by atoms with Crippen molar-refractivity contribution in [3.63, 3.8) is 0 Å². The van der Waals surface area contributed by atoms with Gasteiger partial charge in [0.15, 0.2) is 17.2 Å². The highest BCUT2D eigenvalue weighted by Gasteiger charge is 2.53. The number of nitrogens with two attached hydrogens (primary N) is 3. The SMILES string of the molecule is Br.Br.CC1=NN(c2ccc3c(c2)C(C)(C)CC3)C(=O)C1.COc1c(-c2ccc(C(=O)O)s2)cccc1[N+](=O)[O-].COc1c(B2OC(C)(C)C(C)(C)O2)cccc1[N+](=O)[O-].COc1c(N)cccc1-c1ccc(C(=O)O)s1.Cc1[nH]n(-c2ccc3c(c2)C(C)(C)CC3)c(=O)c1N=Nc1cccc(-c2ccc(C(=O)O)s2)c1O.Nc1cccc(-c2ccc(C(=O)O)s2)c1O.Nc1cccc(-c2ccc(C(=O)O)s2)c1O. The topological polar surface area (TPSA) is 553 Å². The van der Waals surface area contributed by atoms with Gasteiger partial charge in [-0.15, -0.1) is 101 Å². The van der Waals surface area contributed by atoms with Gasteiger partial charge in [-0.3, -0.25) is 34.9 Å². The van der Waals surface area contributed by atoms with Crippen LogP contribution in [0.4, 0.5) is 45.5 Å². The first-order valence-electron chi connectivity index (χ1n) is 43.1. The minimum atomic E-state index is -1.03. The van der Waals surface area contributed by atoms with Gasteiger partial charge in [-0.05, 0) is 240 Å². The Kier molecular flexibility index (Phi) is 35.8. The molecule has 0 spiro atoms. The quantitative estimate of drug-likeness (QED) is 0.00842. The van der Waals surface area contributed by atoms with E-state index in [0.29, 0.717) is 75.7 Å². The number of nitrogens with zero attached hydrogens (tertiary/aromatic N) is 7. The molecule has 0 bridgehead atoms. The van der Waals surface area contributed by atoms with Crippen molar-refractivity contribution in [1.29, 1.82) is 0 Å². The standard InChI is InChI=1S/C26H24N4O4S.C15H18N2O.C13H18BNO5.C12H9NO5S.C12H11NO3S.2C11H9NO3S.2BrH/c1-14-22(24(32)30(29-14)16-8-7-15-11-12-26(2,3)18(15)13-16)28-27-19-6-4-5-17(23(19)31)20-9-10-21(35-20)25(33)34;1-10-8-14(18)17(16-10)12-5-4-11-6-7-15(2,3)13(11)9-12;1-12(2)13(3,4)20-14(19-12)9-7-6-8-10(15(16)17)11(9)18-5;1-18-11-7(3-2-4-8(11)13(16)17)9-5-6-10(19-9)12(14)15;1-16-11-7(3-2-4-8(11)13)9-5-6-10(17-9)12(14)15;2*12-7-3-1-2-6(10(7)13)8-4-5-9(16-8)11(14)15;;/h4-10,13,29,31H,11-12H2,1-3H3,(H,33,34);4-5,9H,6-8H2,1-3H3;6-8H,1-5H3;2-6H,1H3,(H,14,15);2-6H,13H2,1H3,(H,14,15);2*1-5,13H,12H2,(H,14,15);2*1H. The molecule has 1 fully saturated rings. The number of aromatic hydroxyl groups is 3. The number of hydrogen-bond acceptors (Lipinski definition) is 30. The number of carboxylic acids is 5. The van der Waals surface area contributed by atoms with E-state index in [4.69, 9.17) is 66.3 Å². The van der Waals surface area contributed by atoms with Crippen LogP contribution < -0.4 is 47.4 Å². The number of aromatic carboxylic acids is 5. The number of azo groups is 1. The maximum atomic E-state index is 13.2. The van der Waals surface area contributed by atoms with Crippen LogP contribution in [-0.2, 0) is 37.8 Å². The van der Waals surface area contributed by atoms with Crippen LogP contribution in [0.2, 0.25) is 0 Å². The average molecular weight is 2170 g/mol. The van der Waals surface area contributed by atoms with E-state index in [1.165, 1.54) is 101 Å². The number of amides is 1. The molecule has 1 amide bonds. The number of phenolic OH excluding ortho intramolecular Hbond substituents is 3. The molecule has 8 heterocycles. The van der Waals surface area contributed by atoms with Gasteiger partial charge in [0.25, 0.3) is 11.5 Å². The van der Waals surface area contributed by atoms with Gasteiger partial charge in [-0.25, -0.2) is 33.7 Å². The number of carboxylic acid groups (broad SMARTS) is 5. The van der Waals surface area contributed by atoms with Crippen LogP contribution in [0.3, 0.4) is 0 Å². The number of ether oxygens (including phenoxy) is 3. The zero-order valence-corrected chi connectivity index (χ0v) is 86.6. The van der Waals surface area contributed by atoms with Crippen molar-refractivity contribution in [2.75, 3.05) is 43.5 Å². The number of nitro groups is 2. The molecular weight excluding hydrogens is 2070 g/mol. The highest BCUT2D eigenvalue weighted by Crippen LogP contribution is 2.48. The number of hydrazone groups is 1. The number of aromatic nitrogens is 2. The number of nitro benzene ring substituents is 2. The Morgan fingerprint density at radius 1 is 0.462 bits per heavy atom. The number of hydrogen-bond donors (Lipinski definition) is 12. The molecule has 18 rings (SSSR count). The molecule has 0 saturated carbocycles. The monoisotopic (exact) mass is 2170 g/mol. The number of para-hydroxylation sites is 6. The van der Waals surface area contributed by atoms with Crippen molar-refractivity contribution >= 4 is 190 Å². The van der Waals surface area contributed by atoms with Gasteiger partial charge in [0, 0.05) is 75.5 Å². The number of fused-ring (bicyclic) bond motifs is 2. The number of halogens is 2. The zero-order valence-electron chi connectivity index (χ0n) is 79.1. The lowest BCUT2D eigenvalue weighted by Gasteiger charge is -2.32. The molecular formula is C100H100BBr2N11O24S5. The van der Waals surface area contributed by atoms with E-state index in [-0.39, 0.29) is 139 Å². The molecule has 2 aliphatic carbocycles. The van der Waals surface area contributed by atoms with Crippen molar-refractivity contribution < 1.29 is 103 Å². The summed E-state index contributed by atoms with van der Waals surface area (Å²) in [5, 5.41) is 114. The first-order valence-corrected chi connectivity index (χ1v) is 47.2. The van der Waals surface area contributed by atoms with E-state index in [1.54, 1.807) is 134 Å². The van der Waals surface area contributed by atoms with Crippen LogP contribution in [0.15, 0.2) is 226 Å². The maximum absolute atomic E-state index is 13.2. The molecule has 43 heteroatoms. The normalized spacial score (nSPS) is 13.9. The van der Waals surface area contributed by atoms with E-state index in [0.717, 1.165) is 92.1 Å². The summed E-state index contributed by atoms with van der Waals surface area (Å²) in [5.41, 5.74) is 28.9. The summed E-state index contributed by atoms with van der Waals surface area (Å²) in [6.07, 6.45) is 4.88. The number of aromatic amines is 1. The summed E-state index contributed by atoms with van der Waals surface area (Å²) in [6, 6.07) is 57.8. The fraction of sp³-hybridized carbons (Fsp3) is 0.220. The predicted molar refractivity (Wildman–Crippen MR) is 567 cm³/mol. The number of nitrogen functional groups attached to an aromatic ring is 3. The van der Waals surface area contributed by atoms with Gasteiger partial charge >= 0.3 is 48.3 Å². The number of carbonyl (C=O) groups is 6. The number of phenols is 3. The van der Waals surface area contributed by atoms with Crippen LogP contribution in [0.1, 0.15) is 158 Å². The van der Waals surface area contributed by atoms with Gasteiger partial charge < -0.3 is 81.6 Å². The molecule has 15 N–H and O–H groups in total. The van der Waals surface area contributed by atoms with Crippen molar-refractivity contribution in [2.24, 2.45) is 15.3 Å². The number of rotatable bonds is 20. The highest BCUT2D eigenvalue weighted by atomic mass is 79.9. The number of anilines is 4. The fourth-order valence-electron chi connectivity index (χ4n) is 15.4. The van der Waals surface area contributed by atoms with E-state index in [2.05, 4.69) is 72.4 Å². The van der Waals surface area contributed by atoms with Crippen molar-refractivity contribution in [3.8, 4) is 92.4 Å². The first kappa shape index (κ1) is 110. The zero-order chi connectivity index (χ0) is 103. The van der Waals surface area contributed by atoms with Gasteiger partial charge in [-0.2, -0.15) is 5.10 Å². The summed E-state index contributed by atoms with van der Waals surface area (Å²) in [5.74, 6) is -4.13. The van der Waals surface area contributed by atoms with Crippen LogP contribution in [0.5, 0.6) is 34.5 Å². The average Bonchev–Trinajstić information content (AvgIpc) is 1.61. The lowest BCUT2D eigenvalue weighted by Crippen LogP contribution is -2.41. The summed E-state index contributed by atoms with van der Waals surface area (Å²) >= 11 is 5.50. The third-order valence-corrected chi connectivity index (χ3v) is 29.1. The second-order valence-corrected chi connectivity index (χ2v) is 39.8. The summed E-state index contributed by atoms with van der Waals surface area (Å²) in [7, 11) is 3.60. The Labute approximate surface area is 860 Å². The highest BCUT2D eigenvalue weighted by molar-refractivity contribution is 8.93. The number of H-pyrrole nitrogens is 1. The summed E-state index contributed by atoms with van der Waals surface area (Å²) < 4.78 is 28.8. The predicted octanol–water partition coefficient (Wildman–Crippen LogP) is 22.9. The number of aryl methyl sites for hydroxylation is 3. The maximum Gasteiger partial charge on any atom is 0.498 e. The Bertz CT molecular complexity index is 7180. The fourth-order valence-corrected chi connectivity index (χ4v) is 19.7. The molecule has 14 aromatic rings. The van der Waals surface area contributed by atoms with Crippen molar-refractivity contribution in [1.82, 2.24) is 9.78 Å². The van der Waals surface area contributed by atoms with Crippen molar-refractivity contribution in [3.05, 3.63) is 289 Å². The molecule has 143 heavy (non-hydrogen) atoms. The number of methoxy groups -OCH3 is 3. The summed E-state index contributed by atoms with van der Waals surface area (Å²) in [6.45, 7) is 20.3. The Morgan fingerprint density at radius 2 is 0.818 bits per heavy atom. The molecule has 0 radical (unpaired) electrons. The second kappa shape index (κ2) is 46.4. The largest absolute Gasteiger partial charge is 0.505 e. The Balaban J connectivity index is 0.000000175. The molecule has 0 unspecified atom stereocenters. The molecule has 1 saturated heterocycles. The van der Waals surface area contributed by atoms with Crippen LogP contribution in [0, 0.1) is 27.2 Å². The lowest BCUT2D eigenvalue weighted by atomic mass is 9.78. The van der Waals surface area contributed by atoms with E-state index >= 15 is 0 Å². The Hall–Kier alpha value is -14.7. The molecule has 6 aromatic heterocycles. The Morgan fingerprint density at radius 3 is 1.21 bits per heavy atom. The number of carbonyl (C=O) groups excluding carboxylic acids is 1. The smallest absolute Gasteiger partial charge is 0.498 e. The third-order valence-electron chi connectivity index (χ3n) is 23.5. The lowest BCUT2D eigenvalue weighted by molar-refractivity contribution is -0.385. The van der Waals surface area contributed by atoms with Gasteiger partial charge in [0.05, 0.1) is 82.9 Å². The minimum Gasteiger partial charge on any atom is -0.505 e. The van der Waals surface area contributed by atoms with Crippen molar-refractivity contribution in [2.45, 2.75) is 123 Å². The molecule has 2 aliphatic heterocycles. The van der Waals surface area contributed by atoms with Crippen LogP contribution in [0.25, 0.3) is 57.9 Å². The number of nitrogens with one attached hydrogen (secondary N) is 1. The molecule has 8 aromatic carbocycles. The molecule has 746 valence electrons. The van der Waals surface area contributed by atoms with E-state index < -0.39 is 58.0 Å². The number of benzene rings is 8. The molecule has 4 aliphatic rings. The molecule has 0 atom stereocenters. The third kappa shape index (κ3) is 25.1. The molecule has 35 nitrogen and oxygen atoms in total. The minimum absolute atomic E-state index is 0. The van der Waals surface area contributed by atoms with E-state index in [1.807, 2.05) is 58.9 Å². The van der Waals surface area contributed by atoms with Gasteiger partial charge in [0.2, 0.25) is 5.75 Å². The van der Waals surface area contributed by atoms with Crippen LogP contribution in [-0.4, -0.2) is 142 Å². The number of thiophene rings is 5. The van der Waals surface area contributed by atoms with Crippen LogP contribution >= 0.6 is 90.6 Å². The van der Waals surface area contributed by atoms with E-state index in [9.17, 15) is 69.1 Å². The summed E-state index contributed by atoms with van der Waals surface area (Å²) in [4.78, 5) is 105.